The molecular formula is C16H23ClN2O2. The van der Waals surface area contributed by atoms with Gasteiger partial charge in [-0.3, -0.25) is 4.79 Å². The van der Waals surface area contributed by atoms with Crippen LogP contribution < -0.4 is 10.5 Å². The molecule has 1 amide bonds. The molecule has 0 spiro atoms. The number of halogens is 1. The van der Waals surface area contributed by atoms with E-state index in [1.807, 2.05) is 25.1 Å². The van der Waals surface area contributed by atoms with E-state index in [0.717, 1.165) is 12.8 Å². The van der Waals surface area contributed by atoms with Gasteiger partial charge in [0.15, 0.2) is 0 Å². The molecule has 116 valence electrons. The predicted molar refractivity (Wildman–Crippen MR) is 84.6 cm³/mol. The third kappa shape index (κ3) is 3.89. The molecule has 1 fully saturated rings. The second-order valence-electron chi connectivity index (χ2n) is 5.88. The molecule has 0 aliphatic carbocycles. The lowest BCUT2D eigenvalue weighted by molar-refractivity contribution is -0.135. The standard InChI is InChI=1S/C16H23ClN2O2/c1-3-9-16(2,18)15(20)19-10-8-12(11-19)21-14-7-5-4-6-13(14)17/h4-7,12H,3,8-11,18H2,1-2H3. The molecule has 2 N–H and O–H groups in total. The number of carbonyl (C=O) groups is 1. The van der Waals surface area contributed by atoms with Crippen molar-refractivity contribution in [2.75, 3.05) is 13.1 Å². The zero-order valence-electron chi connectivity index (χ0n) is 12.6. The molecule has 0 bridgehead atoms. The van der Waals surface area contributed by atoms with Gasteiger partial charge in [0.25, 0.3) is 0 Å². The Morgan fingerprint density at radius 1 is 1.52 bits per heavy atom. The summed E-state index contributed by atoms with van der Waals surface area (Å²) in [5.74, 6) is 0.678. The van der Waals surface area contributed by atoms with Crippen molar-refractivity contribution < 1.29 is 9.53 Å². The number of ether oxygens (including phenoxy) is 1. The van der Waals surface area contributed by atoms with Gasteiger partial charge in [0, 0.05) is 13.0 Å². The van der Waals surface area contributed by atoms with E-state index in [4.69, 9.17) is 22.1 Å². The minimum atomic E-state index is -0.784. The van der Waals surface area contributed by atoms with E-state index < -0.39 is 5.54 Å². The summed E-state index contributed by atoms with van der Waals surface area (Å²) in [4.78, 5) is 14.2. The van der Waals surface area contributed by atoms with Gasteiger partial charge >= 0.3 is 0 Å². The lowest BCUT2D eigenvalue weighted by atomic mass is 9.96. The second kappa shape index (κ2) is 6.67. The van der Waals surface area contributed by atoms with Crippen molar-refractivity contribution in [1.29, 1.82) is 0 Å². The summed E-state index contributed by atoms with van der Waals surface area (Å²) in [5, 5.41) is 0.594. The molecule has 1 aliphatic rings. The molecule has 1 heterocycles. The SMILES string of the molecule is CCCC(C)(N)C(=O)N1CCC(Oc2ccccc2Cl)C1. The van der Waals surface area contributed by atoms with E-state index in [9.17, 15) is 4.79 Å². The molecule has 0 radical (unpaired) electrons. The average Bonchev–Trinajstić information content (AvgIpc) is 2.89. The minimum Gasteiger partial charge on any atom is -0.487 e. The number of amides is 1. The van der Waals surface area contributed by atoms with Gasteiger partial charge < -0.3 is 15.4 Å². The summed E-state index contributed by atoms with van der Waals surface area (Å²) in [6, 6.07) is 7.39. The zero-order chi connectivity index (χ0) is 15.5. The van der Waals surface area contributed by atoms with E-state index in [1.54, 1.807) is 17.9 Å². The lowest BCUT2D eigenvalue weighted by Crippen LogP contribution is -2.52. The number of hydrogen-bond donors (Lipinski definition) is 1. The fourth-order valence-electron chi connectivity index (χ4n) is 2.72. The maximum absolute atomic E-state index is 12.4. The molecule has 2 atom stereocenters. The lowest BCUT2D eigenvalue weighted by Gasteiger charge is -2.28. The second-order valence-corrected chi connectivity index (χ2v) is 6.28. The molecule has 5 heteroatoms. The van der Waals surface area contributed by atoms with Crippen LogP contribution in [0.5, 0.6) is 5.75 Å². The fraction of sp³-hybridized carbons (Fsp3) is 0.562. The Morgan fingerprint density at radius 3 is 2.90 bits per heavy atom. The number of nitrogens with zero attached hydrogens (tertiary/aromatic N) is 1. The van der Waals surface area contributed by atoms with Crippen LogP contribution >= 0.6 is 11.6 Å². The molecule has 1 aromatic carbocycles. The molecule has 1 saturated heterocycles. The summed E-state index contributed by atoms with van der Waals surface area (Å²) in [6.45, 7) is 5.10. The maximum Gasteiger partial charge on any atom is 0.242 e. The number of likely N-dealkylation sites (tertiary alicyclic amines) is 1. The molecule has 0 saturated carbocycles. The van der Waals surface area contributed by atoms with Crippen LogP contribution in [0, 0.1) is 0 Å². The van der Waals surface area contributed by atoms with Crippen molar-refractivity contribution in [2.24, 2.45) is 5.73 Å². The van der Waals surface area contributed by atoms with Crippen LogP contribution in [0.3, 0.4) is 0 Å². The molecule has 0 aromatic heterocycles. The van der Waals surface area contributed by atoms with Crippen LogP contribution in [0.1, 0.15) is 33.1 Å². The van der Waals surface area contributed by atoms with E-state index in [-0.39, 0.29) is 12.0 Å². The van der Waals surface area contributed by atoms with Gasteiger partial charge in [-0.15, -0.1) is 0 Å². The molecule has 1 aliphatic heterocycles. The largest absolute Gasteiger partial charge is 0.487 e. The van der Waals surface area contributed by atoms with Crippen molar-refractivity contribution in [2.45, 2.75) is 44.8 Å². The summed E-state index contributed by atoms with van der Waals surface area (Å²) in [6.07, 6.45) is 2.37. The number of hydrogen-bond acceptors (Lipinski definition) is 3. The van der Waals surface area contributed by atoms with E-state index in [0.29, 0.717) is 30.3 Å². The number of para-hydroxylation sites is 1. The third-order valence-corrected chi connectivity index (χ3v) is 4.13. The van der Waals surface area contributed by atoms with Gasteiger partial charge in [-0.1, -0.05) is 37.1 Å². The first kappa shape index (κ1) is 16.1. The van der Waals surface area contributed by atoms with Crippen molar-refractivity contribution in [3.63, 3.8) is 0 Å². The zero-order valence-corrected chi connectivity index (χ0v) is 13.4. The summed E-state index contributed by atoms with van der Waals surface area (Å²) >= 11 is 6.09. The van der Waals surface area contributed by atoms with Crippen LogP contribution in [-0.2, 0) is 4.79 Å². The van der Waals surface area contributed by atoms with Crippen LogP contribution in [-0.4, -0.2) is 35.5 Å². The minimum absolute atomic E-state index is 0.00890. The number of benzene rings is 1. The monoisotopic (exact) mass is 310 g/mol. The Bertz CT molecular complexity index is 505. The van der Waals surface area contributed by atoms with Crippen molar-refractivity contribution in [3.8, 4) is 5.75 Å². The smallest absolute Gasteiger partial charge is 0.242 e. The Labute approximate surface area is 131 Å². The van der Waals surface area contributed by atoms with Crippen molar-refractivity contribution in [3.05, 3.63) is 29.3 Å². The molecule has 4 nitrogen and oxygen atoms in total. The van der Waals surface area contributed by atoms with E-state index >= 15 is 0 Å². The van der Waals surface area contributed by atoms with Crippen molar-refractivity contribution >= 4 is 17.5 Å². The number of rotatable bonds is 5. The van der Waals surface area contributed by atoms with Crippen LogP contribution in [0.2, 0.25) is 5.02 Å². The normalized spacial score (nSPS) is 21.1. The highest BCUT2D eigenvalue weighted by Crippen LogP contribution is 2.27. The topological polar surface area (TPSA) is 55.6 Å². The Morgan fingerprint density at radius 2 is 2.24 bits per heavy atom. The van der Waals surface area contributed by atoms with Crippen LogP contribution in [0.15, 0.2) is 24.3 Å². The first-order chi connectivity index (χ1) is 9.94. The number of nitrogens with two attached hydrogens (primary N) is 1. The predicted octanol–water partition coefficient (Wildman–Crippen LogP) is 2.84. The highest BCUT2D eigenvalue weighted by atomic mass is 35.5. The average molecular weight is 311 g/mol. The summed E-state index contributed by atoms with van der Waals surface area (Å²) in [7, 11) is 0. The highest BCUT2D eigenvalue weighted by molar-refractivity contribution is 6.32. The Kier molecular flexibility index (Phi) is 5.12. The molecule has 2 rings (SSSR count). The third-order valence-electron chi connectivity index (χ3n) is 3.82. The summed E-state index contributed by atoms with van der Waals surface area (Å²) in [5.41, 5.74) is 5.34. The Hall–Kier alpha value is -1.26. The van der Waals surface area contributed by atoms with Crippen molar-refractivity contribution in [1.82, 2.24) is 4.90 Å². The molecule has 2 unspecified atom stereocenters. The molecule has 1 aromatic rings. The highest BCUT2D eigenvalue weighted by Gasteiger charge is 2.36. The van der Waals surface area contributed by atoms with Gasteiger partial charge in [-0.2, -0.15) is 0 Å². The van der Waals surface area contributed by atoms with E-state index in [2.05, 4.69) is 0 Å². The molecule has 21 heavy (non-hydrogen) atoms. The van der Waals surface area contributed by atoms with Gasteiger partial charge in [0.05, 0.1) is 17.1 Å². The summed E-state index contributed by atoms with van der Waals surface area (Å²) < 4.78 is 5.89. The van der Waals surface area contributed by atoms with Gasteiger partial charge in [0.1, 0.15) is 11.9 Å². The van der Waals surface area contributed by atoms with Gasteiger partial charge in [0.2, 0.25) is 5.91 Å². The first-order valence-electron chi connectivity index (χ1n) is 7.43. The quantitative estimate of drug-likeness (QED) is 0.910. The van der Waals surface area contributed by atoms with Crippen LogP contribution in [0.25, 0.3) is 0 Å². The number of carbonyl (C=O) groups excluding carboxylic acids is 1. The first-order valence-corrected chi connectivity index (χ1v) is 7.81. The Balaban J connectivity index is 1.95. The fourth-order valence-corrected chi connectivity index (χ4v) is 2.90. The van der Waals surface area contributed by atoms with Gasteiger partial charge in [-0.05, 0) is 25.5 Å². The molecular weight excluding hydrogens is 288 g/mol. The maximum atomic E-state index is 12.4. The van der Waals surface area contributed by atoms with Gasteiger partial charge in [-0.25, -0.2) is 0 Å². The van der Waals surface area contributed by atoms with Crippen LogP contribution in [0.4, 0.5) is 0 Å². The van der Waals surface area contributed by atoms with E-state index in [1.165, 1.54) is 0 Å².